The Morgan fingerprint density at radius 3 is 2.78 bits per heavy atom. The van der Waals surface area contributed by atoms with Crippen molar-refractivity contribution in [3.05, 3.63) is 18.3 Å². The first-order valence-corrected chi connectivity index (χ1v) is 7.57. The van der Waals surface area contributed by atoms with Crippen molar-refractivity contribution in [3.8, 4) is 0 Å². The van der Waals surface area contributed by atoms with Gasteiger partial charge in [0.05, 0.1) is 4.90 Å². The van der Waals surface area contributed by atoms with Gasteiger partial charge >= 0.3 is 0 Å². The van der Waals surface area contributed by atoms with Gasteiger partial charge in [-0.15, -0.1) is 0 Å². The molecule has 1 aliphatic rings. The van der Waals surface area contributed by atoms with Crippen molar-refractivity contribution in [1.82, 2.24) is 9.29 Å². The van der Waals surface area contributed by atoms with E-state index in [9.17, 15) is 8.42 Å². The normalized spacial score (nSPS) is 21.6. The molecule has 1 aromatic rings. The van der Waals surface area contributed by atoms with Crippen molar-refractivity contribution >= 4 is 15.8 Å². The molecule has 2 rings (SSSR count). The van der Waals surface area contributed by atoms with Gasteiger partial charge in [-0.25, -0.2) is 13.4 Å². The molecule has 1 aliphatic heterocycles. The largest absolute Gasteiger partial charge is 0.384 e. The van der Waals surface area contributed by atoms with Crippen molar-refractivity contribution < 1.29 is 8.42 Å². The summed E-state index contributed by atoms with van der Waals surface area (Å²) in [6, 6.07) is 2.91. The molecule has 0 aromatic carbocycles. The zero-order valence-corrected chi connectivity index (χ0v) is 11.5. The number of hydrogen-bond donors (Lipinski definition) is 1. The minimum Gasteiger partial charge on any atom is -0.384 e. The highest BCUT2D eigenvalue weighted by Crippen LogP contribution is 2.28. The Kier molecular flexibility index (Phi) is 3.59. The molecule has 1 unspecified atom stereocenters. The lowest BCUT2D eigenvalue weighted by atomic mass is 9.96. The molecule has 6 heteroatoms. The summed E-state index contributed by atoms with van der Waals surface area (Å²) in [5, 5.41) is 0. The summed E-state index contributed by atoms with van der Waals surface area (Å²) in [6.07, 6.45) is 2.36. The smallest absolute Gasteiger partial charge is 0.243 e. The van der Waals surface area contributed by atoms with Crippen molar-refractivity contribution in [3.63, 3.8) is 0 Å². The fraction of sp³-hybridized carbons (Fsp3) is 0.583. The lowest BCUT2D eigenvalue weighted by Crippen LogP contribution is -2.29. The average Bonchev–Trinajstić information content (AvgIpc) is 2.79. The predicted octanol–water partition coefficient (Wildman–Crippen LogP) is 1.33. The van der Waals surface area contributed by atoms with Crippen molar-refractivity contribution in [2.75, 3.05) is 18.8 Å². The number of nitrogen functional groups attached to an aromatic ring is 1. The Balaban J connectivity index is 2.23. The van der Waals surface area contributed by atoms with E-state index in [1.165, 1.54) is 18.3 Å². The fourth-order valence-electron chi connectivity index (χ4n) is 2.25. The number of pyridine rings is 1. The van der Waals surface area contributed by atoms with Gasteiger partial charge in [0, 0.05) is 25.4 Å². The highest BCUT2D eigenvalue weighted by Gasteiger charge is 2.33. The van der Waals surface area contributed by atoms with Crippen LogP contribution in [0.15, 0.2) is 23.2 Å². The molecule has 0 bridgehead atoms. The Bertz CT molecular complexity index is 528. The maximum absolute atomic E-state index is 12.4. The molecule has 0 amide bonds. The molecule has 1 saturated heterocycles. The van der Waals surface area contributed by atoms with Crippen LogP contribution in [0.4, 0.5) is 5.82 Å². The van der Waals surface area contributed by atoms with E-state index in [2.05, 4.69) is 18.8 Å². The second-order valence-corrected chi connectivity index (χ2v) is 7.01. The van der Waals surface area contributed by atoms with Crippen LogP contribution in [0.3, 0.4) is 0 Å². The summed E-state index contributed by atoms with van der Waals surface area (Å²) in [5.41, 5.74) is 5.54. The monoisotopic (exact) mass is 269 g/mol. The molecule has 1 atom stereocenters. The molecule has 2 N–H and O–H groups in total. The number of rotatable bonds is 3. The number of nitrogens with zero attached hydrogens (tertiary/aromatic N) is 2. The summed E-state index contributed by atoms with van der Waals surface area (Å²) in [4.78, 5) is 4.05. The van der Waals surface area contributed by atoms with Gasteiger partial charge in [-0.05, 0) is 24.3 Å². The minimum atomic E-state index is -3.41. The second kappa shape index (κ2) is 4.85. The number of anilines is 1. The number of aromatic nitrogens is 1. The maximum Gasteiger partial charge on any atom is 0.243 e. The average molecular weight is 269 g/mol. The zero-order valence-electron chi connectivity index (χ0n) is 10.7. The Labute approximate surface area is 108 Å². The van der Waals surface area contributed by atoms with E-state index < -0.39 is 10.0 Å². The van der Waals surface area contributed by atoms with Crippen molar-refractivity contribution in [2.45, 2.75) is 25.2 Å². The quantitative estimate of drug-likeness (QED) is 0.898. The van der Waals surface area contributed by atoms with E-state index in [-0.39, 0.29) is 10.7 Å². The third-order valence-electron chi connectivity index (χ3n) is 3.52. The third-order valence-corrected chi connectivity index (χ3v) is 5.38. The van der Waals surface area contributed by atoms with Gasteiger partial charge in [0.1, 0.15) is 5.82 Å². The summed E-state index contributed by atoms with van der Waals surface area (Å²) in [6.45, 7) is 5.45. The molecular weight excluding hydrogens is 250 g/mol. The van der Waals surface area contributed by atoms with Crippen LogP contribution >= 0.6 is 0 Å². The standard InChI is InChI=1S/C12H19N3O2S/c1-9(2)10-4-6-15(8-10)18(16,17)11-3-5-14-12(13)7-11/h3,5,7,9-10H,4,6,8H2,1-2H3,(H2,13,14). The van der Waals surface area contributed by atoms with Crippen LogP contribution < -0.4 is 5.73 Å². The van der Waals surface area contributed by atoms with Crippen molar-refractivity contribution in [1.29, 1.82) is 0 Å². The predicted molar refractivity (Wildman–Crippen MR) is 70.4 cm³/mol. The van der Waals surface area contributed by atoms with Gasteiger partial charge in [-0.3, -0.25) is 0 Å². The van der Waals surface area contributed by atoms with Gasteiger partial charge in [-0.2, -0.15) is 4.31 Å². The maximum atomic E-state index is 12.4. The lowest BCUT2D eigenvalue weighted by Gasteiger charge is -2.18. The number of hydrogen-bond acceptors (Lipinski definition) is 4. The summed E-state index contributed by atoms with van der Waals surface area (Å²) >= 11 is 0. The molecule has 1 aromatic heterocycles. The molecule has 0 spiro atoms. The summed E-state index contributed by atoms with van der Waals surface area (Å²) in [5.74, 6) is 1.18. The van der Waals surface area contributed by atoms with E-state index >= 15 is 0 Å². The van der Waals surface area contributed by atoms with Gasteiger partial charge in [0.2, 0.25) is 10.0 Å². The zero-order chi connectivity index (χ0) is 13.3. The van der Waals surface area contributed by atoms with E-state index in [4.69, 9.17) is 5.73 Å². The molecule has 2 heterocycles. The molecular formula is C12H19N3O2S. The number of sulfonamides is 1. The number of nitrogens with two attached hydrogens (primary N) is 1. The van der Waals surface area contributed by atoms with Crippen molar-refractivity contribution in [2.24, 2.45) is 11.8 Å². The van der Waals surface area contributed by atoms with Gasteiger partial charge in [-0.1, -0.05) is 13.8 Å². The molecule has 5 nitrogen and oxygen atoms in total. The van der Waals surface area contributed by atoms with E-state index in [0.717, 1.165) is 6.42 Å². The van der Waals surface area contributed by atoms with Crippen LogP contribution in [0.1, 0.15) is 20.3 Å². The van der Waals surface area contributed by atoms with Gasteiger partial charge < -0.3 is 5.73 Å². The van der Waals surface area contributed by atoms with Crippen LogP contribution in [0, 0.1) is 11.8 Å². The Hall–Kier alpha value is -1.14. The van der Waals surface area contributed by atoms with E-state index in [1.54, 1.807) is 4.31 Å². The van der Waals surface area contributed by atoms with Crippen LogP contribution in [-0.4, -0.2) is 30.8 Å². The minimum absolute atomic E-state index is 0.232. The third kappa shape index (κ3) is 2.49. The summed E-state index contributed by atoms with van der Waals surface area (Å²) < 4.78 is 26.3. The molecule has 100 valence electrons. The highest BCUT2D eigenvalue weighted by molar-refractivity contribution is 7.89. The first-order valence-electron chi connectivity index (χ1n) is 6.13. The first-order chi connectivity index (χ1) is 8.41. The Morgan fingerprint density at radius 2 is 2.22 bits per heavy atom. The van der Waals surface area contributed by atoms with Crippen LogP contribution in [0.2, 0.25) is 0 Å². The van der Waals surface area contributed by atoms with E-state index in [1.807, 2.05) is 0 Å². The lowest BCUT2D eigenvalue weighted by molar-refractivity contribution is 0.388. The fourth-order valence-corrected chi connectivity index (χ4v) is 3.79. The molecule has 0 aliphatic carbocycles. The van der Waals surface area contributed by atoms with E-state index in [0.29, 0.717) is 24.9 Å². The molecule has 0 radical (unpaired) electrons. The SMILES string of the molecule is CC(C)C1CCN(S(=O)(=O)c2ccnc(N)c2)C1. The van der Waals surface area contributed by atoms with Gasteiger partial charge in [0.25, 0.3) is 0 Å². The van der Waals surface area contributed by atoms with Crippen LogP contribution in [0.25, 0.3) is 0 Å². The second-order valence-electron chi connectivity index (χ2n) is 5.07. The highest BCUT2D eigenvalue weighted by atomic mass is 32.2. The Morgan fingerprint density at radius 1 is 1.50 bits per heavy atom. The van der Waals surface area contributed by atoms with Crippen LogP contribution in [0.5, 0.6) is 0 Å². The molecule has 18 heavy (non-hydrogen) atoms. The first kappa shape index (κ1) is 13.3. The molecule has 0 saturated carbocycles. The van der Waals surface area contributed by atoms with Crippen LogP contribution in [-0.2, 0) is 10.0 Å². The topological polar surface area (TPSA) is 76.3 Å². The molecule has 1 fully saturated rings. The summed E-state index contributed by atoms with van der Waals surface area (Å²) in [7, 11) is -3.41. The van der Waals surface area contributed by atoms with Gasteiger partial charge in [0.15, 0.2) is 0 Å².